The molecule has 0 aliphatic rings. The number of ketones is 1. The minimum absolute atomic E-state index is 0.0749. The fourth-order valence-corrected chi connectivity index (χ4v) is 1.84. The molecule has 4 heteroatoms. The van der Waals surface area contributed by atoms with Crippen LogP contribution in [0.4, 0.5) is 0 Å². The van der Waals surface area contributed by atoms with Crippen LogP contribution in [0.25, 0.3) is 10.9 Å². The molecule has 0 fully saturated rings. The maximum atomic E-state index is 12.1. The Morgan fingerprint density at radius 2 is 2.06 bits per heavy atom. The monoisotopic (exact) mass is 236 g/mol. The van der Waals surface area contributed by atoms with Crippen LogP contribution in [-0.2, 0) is 0 Å². The molecule has 1 N–H and O–H groups in total. The van der Waals surface area contributed by atoms with Gasteiger partial charge in [-0.1, -0.05) is 32.4 Å². The van der Waals surface area contributed by atoms with E-state index >= 15 is 0 Å². The number of carbonyl (C=O) groups excluding carboxylic acids is 1. The van der Waals surface area contributed by atoms with Gasteiger partial charge < -0.3 is 0 Å². The molecular formula is C12H13ClN2O. The molecule has 0 bridgehead atoms. The number of rotatable bonds is 1. The standard InChI is InChI=1S/C12H13ClN2O/c1-12(2,3)11(16)7-4-9(13)8-6-14-15-10(8)5-7/h4-6H,1-3H3,(H,14,15). The van der Waals surface area contributed by atoms with Gasteiger partial charge in [-0.25, -0.2) is 0 Å². The molecule has 0 aliphatic carbocycles. The van der Waals surface area contributed by atoms with E-state index in [1.54, 1.807) is 18.3 Å². The van der Waals surface area contributed by atoms with Crippen LogP contribution >= 0.6 is 11.6 Å². The maximum Gasteiger partial charge on any atom is 0.168 e. The van der Waals surface area contributed by atoms with E-state index < -0.39 is 5.41 Å². The molecular weight excluding hydrogens is 224 g/mol. The van der Waals surface area contributed by atoms with E-state index in [9.17, 15) is 4.79 Å². The molecule has 2 aromatic rings. The Morgan fingerprint density at radius 3 is 2.69 bits per heavy atom. The smallest absolute Gasteiger partial charge is 0.168 e. The summed E-state index contributed by atoms with van der Waals surface area (Å²) in [7, 11) is 0. The summed E-state index contributed by atoms with van der Waals surface area (Å²) < 4.78 is 0. The third kappa shape index (κ3) is 1.83. The number of hydrogen-bond donors (Lipinski definition) is 1. The number of benzene rings is 1. The summed E-state index contributed by atoms with van der Waals surface area (Å²) in [5, 5.41) is 8.12. The Hall–Kier alpha value is -1.35. The van der Waals surface area contributed by atoms with Crippen LogP contribution in [0.15, 0.2) is 18.3 Å². The van der Waals surface area contributed by atoms with Gasteiger partial charge in [-0.05, 0) is 12.1 Å². The fourth-order valence-electron chi connectivity index (χ4n) is 1.57. The van der Waals surface area contributed by atoms with E-state index in [0.717, 1.165) is 10.9 Å². The summed E-state index contributed by atoms with van der Waals surface area (Å²) in [4.78, 5) is 12.1. The lowest BCUT2D eigenvalue weighted by atomic mass is 9.86. The van der Waals surface area contributed by atoms with Crippen molar-refractivity contribution in [1.82, 2.24) is 10.2 Å². The SMILES string of the molecule is CC(C)(C)C(=O)c1cc(Cl)c2cn[nH]c2c1. The molecule has 0 atom stereocenters. The van der Waals surface area contributed by atoms with Crippen LogP contribution in [0.3, 0.4) is 0 Å². The van der Waals surface area contributed by atoms with Crippen molar-refractivity contribution >= 4 is 28.3 Å². The van der Waals surface area contributed by atoms with Crippen LogP contribution in [0.2, 0.25) is 5.02 Å². The first-order valence-corrected chi connectivity index (χ1v) is 5.45. The molecule has 0 amide bonds. The summed E-state index contributed by atoms with van der Waals surface area (Å²) in [5.74, 6) is 0.0749. The molecule has 1 aromatic carbocycles. The van der Waals surface area contributed by atoms with E-state index in [4.69, 9.17) is 11.6 Å². The van der Waals surface area contributed by atoms with Crippen LogP contribution in [-0.4, -0.2) is 16.0 Å². The average Bonchev–Trinajstić information content (AvgIpc) is 2.63. The highest BCUT2D eigenvalue weighted by Gasteiger charge is 2.23. The van der Waals surface area contributed by atoms with E-state index in [1.165, 1.54) is 0 Å². The number of H-pyrrole nitrogens is 1. The number of carbonyl (C=O) groups is 1. The third-order valence-electron chi connectivity index (χ3n) is 2.45. The Bertz CT molecular complexity index is 552. The first kappa shape index (κ1) is 11.1. The minimum atomic E-state index is -0.406. The maximum absolute atomic E-state index is 12.1. The van der Waals surface area contributed by atoms with Gasteiger partial charge in [-0.15, -0.1) is 0 Å². The van der Waals surface area contributed by atoms with Gasteiger partial charge in [0.1, 0.15) is 0 Å². The van der Waals surface area contributed by atoms with Gasteiger partial charge in [-0.3, -0.25) is 9.89 Å². The first-order chi connectivity index (χ1) is 7.39. The molecule has 0 spiro atoms. The highest BCUT2D eigenvalue weighted by atomic mass is 35.5. The molecule has 0 saturated heterocycles. The Kier molecular flexibility index (Phi) is 2.50. The second kappa shape index (κ2) is 3.59. The third-order valence-corrected chi connectivity index (χ3v) is 2.76. The lowest BCUT2D eigenvalue weighted by molar-refractivity contribution is 0.0858. The number of halogens is 1. The summed E-state index contributed by atoms with van der Waals surface area (Å²) in [6.07, 6.45) is 1.66. The van der Waals surface area contributed by atoms with Crippen LogP contribution in [0.1, 0.15) is 31.1 Å². The van der Waals surface area contributed by atoms with Gasteiger partial charge in [0, 0.05) is 16.4 Å². The van der Waals surface area contributed by atoms with Crippen molar-refractivity contribution in [3.8, 4) is 0 Å². The van der Waals surface area contributed by atoms with Crippen molar-refractivity contribution in [3.05, 3.63) is 28.9 Å². The molecule has 0 radical (unpaired) electrons. The predicted molar refractivity (Wildman–Crippen MR) is 64.9 cm³/mol. The Balaban J connectivity index is 2.58. The van der Waals surface area contributed by atoms with Gasteiger partial charge in [0.15, 0.2) is 5.78 Å². The number of hydrogen-bond acceptors (Lipinski definition) is 2. The Labute approximate surface area is 98.8 Å². The molecule has 0 aliphatic heterocycles. The largest absolute Gasteiger partial charge is 0.294 e. The number of aromatic amines is 1. The van der Waals surface area contributed by atoms with Gasteiger partial charge in [0.05, 0.1) is 16.7 Å². The zero-order chi connectivity index (χ0) is 11.9. The lowest BCUT2D eigenvalue weighted by Gasteiger charge is -2.16. The summed E-state index contributed by atoms with van der Waals surface area (Å²) >= 11 is 6.09. The van der Waals surface area contributed by atoms with Crippen LogP contribution in [0, 0.1) is 5.41 Å². The highest BCUT2D eigenvalue weighted by Crippen LogP contribution is 2.27. The van der Waals surface area contributed by atoms with Crippen molar-refractivity contribution in [2.24, 2.45) is 5.41 Å². The van der Waals surface area contributed by atoms with Gasteiger partial charge in [-0.2, -0.15) is 5.10 Å². The number of Topliss-reactive ketones (excluding diaryl/α,β-unsaturated/α-hetero) is 1. The number of nitrogens with one attached hydrogen (secondary N) is 1. The molecule has 2 rings (SSSR count). The van der Waals surface area contributed by atoms with Gasteiger partial charge >= 0.3 is 0 Å². The second-order valence-corrected chi connectivity index (χ2v) is 5.28. The summed E-state index contributed by atoms with van der Waals surface area (Å²) in [6.45, 7) is 5.67. The predicted octanol–water partition coefficient (Wildman–Crippen LogP) is 3.45. The highest BCUT2D eigenvalue weighted by molar-refractivity contribution is 6.35. The van der Waals surface area contributed by atoms with Gasteiger partial charge in [0.25, 0.3) is 0 Å². The van der Waals surface area contributed by atoms with Crippen molar-refractivity contribution in [2.45, 2.75) is 20.8 Å². The van der Waals surface area contributed by atoms with Crippen molar-refractivity contribution in [3.63, 3.8) is 0 Å². The molecule has 16 heavy (non-hydrogen) atoms. The minimum Gasteiger partial charge on any atom is -0.294 e. The average molecular weight is 237 g/mol. The van der Waals surface area contributed by atoms with Crippen LogP contribution in [0.5, 0.6) is 0 Å². The van der Waals surface area contributed by atoms with Crippen molar-refractivity contribution in [1.29, 1.82) is 0 Å². The van der Waals surface area contributed by atoms with Crippen molar-refractivity contribution in [2.75, 3.05) is 0 Å². The topological polar surface area (TPSA) is 45.8 Å². The second-order valence-electron chi connectivity index (χ2n) is 4.87. The van der Waals surface area contributed by atoms with Crippen molar-refractivity contribution < 1.29 is 4.79 Å². The Morgan fingerprint density at radius 1 is 1.38 bits per heavy atom. The normalized spacial score (nSPS) is 12.0. The molecule has 0 unspecified atom stereocenters. The van der Waals surface area contributed by atoms with E-state index in [0.29, 0.717) is 10.6 Å². The van der Waals surface area contributed by atoms with E-state index in [-0.39, 0.29) is 5.78 Å². The lowest BCUT2D eigenvalue weighted by Crippen LogP contribution is -2.20. The van der Waals surface area contributed by atoms with Gasteiger partial charge in [0.2, 0.25) is 0 Å². The zero-order valence-electron chi connectivity index (χ0n) is 9.47. The summed E-state index contributed by atoms with van der Waals surface area (Å²) in [5.41, 5.74) is 1.01. The van der Waals surface area contributed by atoms with E-state index in [1.807, 2.05) is 20.8 Å². The quantitative estimate of drug-likeness (QED) is 0.771. The first-order valence-electron chi connectivity index (χ1n) is 5.07. The molecule has 84 valence electrons. The molecule has 1 aromatic heterocycles. The molecule has 1 heterocycles. The number of fused-ring (bicyclic) bond motifs is 1. The fraction of sp³-hybridized carbons (Fsp3) is 0.333. The molecule has 0 saturated carbocycles. The molecule has 3 nitrogen and oxygen atoms in total. The zero-order valence-corrected chi connectivity index (χ0v) is 10.2. The number of nitrogens with zero attached hydrogens (tertiary/aromatic N) is 1. The van der Waals surface area contributed by atoms with E-state index in [2.05, 4.69) is 10.2 Å². The van der Waals surface area contributed by atoms with Crippen LogP contribution < -0.4 is 0 Å². The number of aromatic nitrogens is 2. The summed E-state index contributed by atoms with van der Waals surface area (Å²) in [6, 6.07) is 3.49.